The van der Waals surface area contributed by atoms with Gasteiger partial charge in [0, 0.05) is 19.3 Å². The molecule has 5 heteroatoms. The summed E-state index contributed by atoms with van der Waals surface area (Å²) in [6.07, 6.45) is 0.651. The van der Waals surface area contributed by atoms with Crippen LogP contribution in [0.3, 0.4) is 0 Å². The van der Waals surface area contributed by atoms with Crippen LogP contribution in [0.1, 0.15) is 5.56 Å². The maximum atomic E-state index is 12.1. The first kappa shape index (κ1) is 16.5. The lowest BCUT2D eigenvalue weighted by atomic mass is 10.1. The summed E-state index contributed by atoms with van der Waals surface area (Å²) in [5.41, 5.74) is 1.75. The van der Waals surface area contributed by atoms with Crippen LogP contribution in [0.4, 0.5) is 5.69 Å². The Balaban J connectivity index is 1.83. The molecule has 0 aromatic heterocycles. The first-order valence-corrected chi connectivity index (χ1v) is 7.35. The number of methoxy groups -OCH3 is 1. The molecule has 120 valence electrons. The molecular formula is C18H20N2O3. The minimum Gasteiger partial charge on any atom is -0.497 e. The van der Waals surface area contributed by atoms with E-state index >= 15 is 0 Å². The number of rotatable bonds is 5. The number of anilines is 1. The Kier molecular flexibility index (Phi) is 5.74. The number of carbonyl (C=O) groups excluding carboxylic acids is 2. The predicted molar refractivity (Wildman–Crippen MR) is 89.6 cm³/mol. The zero-order valence-corrected chi connectivity index (χ0v) is 13.3. The van der Waals surface area contributed by atoms with Gasteiger partial charge in [-0.15, -0.1) is 0 Å². The molecule has 0 heterocycles. The van der Waals surface area contributed by atoms with Crippen LogP contribution in [-0.2, 0) is 16.0 Å². The summed E-state index contributed by atoms with van der Waals surface area (Å²) in [5.74, 6) is -0.395. The van der Waals surface area contributed by atoms with Crippen LogP contribution < -0.4 is 15.0 Å². The summed E-state index contributed by atoms with van der Waals surface area (Å²) >= 11 is 0. The number of hydrogen-bond donors (Lipinski definition) is 1. The van der Waals surface area contributed by atoms with Crippen molar-refractivity contribution in [3.63, 3.8) is 0 Å². The van der Waals surface area contributed by atoms with Crippen LogP contribution in [0, 0.1) is 0 Å². The average Bonchev–Trinajstić information content (AvgIpc) is 2.61. The standard InChI is InChI=1S/C18H20N2O3/c1-20(15-6-4-3-5-7-15)18(22)17(21)19-13-12-14-8-10-16(23-2)11-9-14/h3-11H,12-13H2,1-2H3,(H,19,21). The Hall–Kier alpha value is -2.82. The van der Waals surface area contributed by atoms with E-state index in [1.807, 2.05) is 42.5 Å². The molecule has 0 atom stereocenters. The third kappa shape index (κ3) is 4.57. The number of benzene rings is 2. The van der Waals surface area contributed by atoms with Gasteiger partial charge in [0.25, 0.3) is 0 Å². The maximum Gasteiger partial charge on any atom is 0.316 e. The summed E-state index contributed by atoms with van der Waals surface area (Å²) in [4.78, 5) is 25.3. The fourth-order valence-corrected chi connectivity index (χ4v) is 2.11. The molecule has 2 amide bonds. The number of para-hydroxylation sites is 1. The van der Waals surface area contributed by atoms with Crippen molar-refractivity contribution in [2.24, 2.45) is 0 Å². The molecule has 0 aliphatic carbocycles. The van der Waals surface area contributed by atoms with Crippen molar-refractivity contribution < 1.29 is 14.3 Å². The van der Waals surface area contributed by atoms with Crippen LogP contribution >= 0.6 is 0 Å². The van der Waals surface area contributed by atoms with Crippen molar-refractivity contribution in [2.75, 3.05) is 25.6 Å². The van der Waals surface area contributed by atoms with Crippen LogP contribution in [0.25, 0.3) is 0 Å². The van der Waals surface area contributed by atoms with Crippen LogP contribution in [0.2, 0.25) is 0 Å². The van der Waals surface area contributed by atoms with Gasteiger partial charge in [0.2, 0.25) is 0 Å². The van der Waals surface area contributed by atoms with Gasteiger partial charge in [0.1, 0.15) is 5.75 Å². The van der Waals surface area contributed by atoms with E-state index in [9.17, 15) is 9.59 Å². The highest BCUT2D eigenvalue weighted by Gasteiger charge is 2.19. The lowest BCUT2D eigenvalue weighted by Crippen LogP contribution is -2.41. The summed E-state index contributed by atoms with van der Waals surface area (Å²) in [6, 6.07) is 16.7. The molecule has 0 spiro atoms. The average molecular weight is 312 g/mol. The molecule has 0 saturated heterocycles. The Morgan fingerprint density at radius 3 is 2.30 bits per heavy atom. The minimum atomic E-state index is -0.607. The molecule has 2 aromatic rings. The van der Waals surface area contributed by atoms with Gasteiger partial charge in [-0.3, -0.25) is 9.59 Å². The first-order valence-electron chi connectivity index (χ1n) is 7.35. The number of nitrogens with one attached hydrogen (secondary N) is 1. The summed E-state index contributed by atoms with van der Waals surface area (Å²) in [6.45, 7) is 0.402. The van der Waals surface area contributed by atoms with Crippen LogP contribution in [0.15, 0.2) is 54.6 Å². The molecule has 0 saturated carbocycles. The number of carbonyl (C=O) groups is 2. The lowest BCUT2D eigenvalue weighted by molar-refractivity contribution is -0.137. The molecule has 2 rings (SSSR count). The van der Waals surface area contributed by atoms with Crippen molar-refractivity contribution in [2.45, 2.75) is 6.42 Å². The minimum absolute atomic E-state index is 0.402. The zero-order chi connectivity index (χ0) is 16.7. The smallest absolute Gasteiger partial charge is 0.316 e. The number of hydrogen-bond acceptors (Lipinski definition) is 3. The number of nitrogens with zero attached hydrogens (tertiary/aromatic N) is 1. The molecule has 0 bridgehead atoms. The molecule has 1 N–H and O–H groups in total. The highest BCUT2D eigenvalue weighted by molar-refractivity contribution is 6.40. The van der Waals surface area contributed by atoms with Gasteiger partial charge in [0.05, 0.1) is 7.11 Å². The second-order valence-corrected chi connectivity index (χ2v) is 5.05. The molecule has 0 radical (unpaired) electrons. The Morgan fingerprint density at radius 1 is 1.04 bits per heavy atom. The Labute approximate surface area is 135 Å². The third-order valence-electron chi connectivity index (χ3n) is 3.50. The topological polar surface area (TPSA) is 58.6 Å². The second-order valence-electron chi connectivity index (χ2n) is 5.05. The number of likely N-dealkylation sites (N-methyl/N-ethyl adjacent to an activating group) is 1. The van der Waals surface area contributed by atoms with E-state index in [0.717, 1.165) is 11.3 Å². The molecular weight excluding hydrogens is 292 g/mol. The predicted octanol–water partition coefficient (Wildman–Crippen LogP) is 2.02. The van der Waals surface area contributed by atoms with Crippen molar-refractivity contribution >= 4 is 17.5 Å². The van der Waals surface area contributed by atoms with Crippen LogP contribution in [0.5, 0.6) is 5.75 Å². The van der Waals surface area contributed by atoms with Gasteiger partial charge < -0.3 is 15.0 Å². The largest absolute Gasteiger partial charge is 0.497 e. The summed E-state index contributed by atoms with van der Waals surface area (Å²) in [5, 5.41) is 2.65. The van der Waals surface area contributed by atoms with E-state index in [2.05, 4.69) is 5.32 Å². The van der Waals surface area contributed by atoms with Crippen molar-refractivity contribution in [1.29, 1.82) is 0 Å². The number of amides is 2. The van der Waals surface area contributed by atoms with E-state index < -0.39 is 11.8 Å². The van der Waals surface area contributed by atoms with E-state index in [1.54, 1.807) is 26.3 Å². The summed E-state index contributed by atoms with van der Waals surface area (Å²) < 4.78 is 5.09. The van der Waals surface area contributed by atoms with E-state index in [0.29, 0.717) is 18.7 Å². The molecule has 5 nitrogen and oxygen atoms in total. The lowest BCUT2D eigenvalue weighted by Gasteiger charge is -2.16. The quantitative estimate of drug-likeness (QED) is 0.859. The molecule has 2 aromatic carbocycles. The van der Waals surface area contributed by atoms with Gasteiger partial charge in [-0.25, -0.2) is 0 Å². The fraction of sp³-hybridized carbons (Fsp3) is 0.222. The second kappa shape index (κ2) is 7.98. The molecule has 0 aliphatic heterocycles. The first-order chi connectivity index (χ1) is 11.1. The molecule has 0 fully saturated rings. The molecule has 0 unspecified atom stereocenters. The highest BCUT2D eigenvalue weighted by Crippen LogP contribution is 2.12. The normalized spacial score (nSPS) is 10.0. The van der Waals surface area contributed by atoms with Gasteiger partial charge in [-0.05, 0) is 36.2 Å². The SMILES string of the molecule is COc1ccc(CCNC(=O)C(=O)N(C)c2ccccc2)cc1. The maximum absolute atomic E-state index is 12.1. The Bertz CT molecular complexity index is 654. The third-order valence-corrected chi connectivity index (χ3v) is 3.50. The highest BCUT2D eigenvalue weighted by atomic mass is 16.5. The fourth-order valence-electron chi connectivity index (χ4n) is 2.11. The number of ether oxygens (including phenoxy) is 1. The molecule has 23 heavy (non-hydrogen) atoms. The van der Waals surface area contributed by atoms with Gasteiger partial charge in [-0.1, -0.05) is 30.3 Å². The van der Waals surface area contributed by atoms with Gasteiger partial charge in [0.15, 0.2) is 0 Å². The van der Waals surface area contributed by atoms with E-state index in [4.69, 9.17) is 4.74 Å². The van der Waals surface area contributed by atoms with Crippen molar-refractivity contribution in [1.82, 2.24) is 5.32 Å². The Morgan fingerprint density at radius 2 is 1.70 bits per heavy atom. The summed E-state index contributed by atoms with van der Waals surface area (Å²) in [7, 11) is 3.20. The van der Waals surface area contributed by atoms with E-state index in [-0.39, 0.29) is 0 Å². The van der Waals surface area contributed by atoms with Crippen LogP contribution in [-0.4, -0.2) is 32.5 Å². The van der Waals surface area contributed by atoms with Crippen molar-refractivity contribution in [3.05, 3.63) is 60.2 Å². The monoisotopic (exact) mass is 312 g/mol. The zero-order valence-electron chi connectivity index (χ0n) is 13.3. The van der Waals surface area contributed by atoms with Gasteiger partial charge >= 0.3 is 11.8 Å². The van der Waals surface area contributed by atoms with Crippen molar-refractivity contribution in [3.8, 4) is 5.75 Å². The van der Waals surface area contributed by atoms with Gasteiger partial charge in [-0.2, -0.15) is 0 Å². The molecule has 0 aliphatic rings. The van der Waals surface area contributed by atoms with E-state index in [1.165, 1.54) is 4.90 Å².